The molecule has 1 fully saturated rings. The lowest BCUT2D eigenvalue weighted by atomic mass is 9.94. The first-order valence-corrected chi connectivity index (χ1v) is 10.7. The summed E-state index contributed by atoms with van der Waals surface area (Å²) >= 11 is 0. The van der Waals surface area contributed by atoms with Gasteiger partial charge in [-0.3, -0.25) is 9.59 Å². The van der Waals surface area contributed by atoms with E-state index in [2.05, 4.69) is 13.5 Å². The summed E-state index contributed by atoms with van der Waals surface area (Å²) in [5, 5.41) is 11.1. The highest BCUT2D eigenvalue weighted by Gasteiger charge is 2.45. The molecule has 1 atom stereocenters. The minimum atomic E-state index is -0.669. The average Bonchev–Trinajstić information content (AvgIpc) is 3.06. The maximum absolute atomic E-state index is 13.0. The number of aryl methyl sites for hydroxylation is 1. The number of ketones is 1. The quantitative estimate of drug-likeness (QED) is 0.281. The maximum Gasteiger partial charge on any atom is 0.295 e. The monoisotopic (exact) mass is 434 g/mol. The third-order valence-corrected chi connectivity index (χ3v) is 5.53. The van der Waals surface area contributed by atoms with Gasteiger partial charge in [0.25, 0.3) is 11.7 Å². The van der Waals surface area contributed by atoms with Crippen LogP contribution in [0.4, 0.5) is 0 Å². The number of carbonyl (C=O) groups is 2. The summed E-state index contributed by atoms with van der Waals surface area (Å²) < 4.78 is 5.49. The molecule has 2 aromatic rings. The van der Waals surface area contributed by atoms with Crippen molar-refractivity contribution in [3.8, 4) is 5.75 Å². The molecule has 1 aliphatic heterocycles. The lowest BCUT2D eigenvalue weighted by Gasteiger charge is -2.26. The second-order valence-corrected chi connectivity index (χ2v) is 8.01. The van der Waals surface area contributed by atoms with Crippen molar-refractivity contribution in [3.63, 3.8) is 0 Å². The number of aliphatic hydroxyl groups excluding tert-OH is 1. The Bertz CT molecular complexity index is 1010. The van der Waals surface area contributed by atoms with Crippen LogP contribution in [0.3, 0.4) is 0 Å². The molecule has 168 valence electrons. The van der Waals surface area contributed by atoms with Crippen molar-refractivity contribution < 1.29 is 19.4 Å². The number of carbonyl (C=O) groups excluding carboxylic acids is 2. The van der Waals surface area contributed by atoms with E-state index in [9.17, 15) is 14.7 Å². The number of amides is 1. The zero-order valence-corrected chi connectivity index (χ0v) is 18.9. The van der Waals surface area contributed by atoms with E-state index < -0.39 is 17.7 Å². The summed E-state index contributed by atoms with van der Waals surface area (Å²) in [7, 11) is 3.83. The van der Waals surface area contributed by atoms with E-state index in [1.807, 2.05) is 43.3 Å². The van der Waals surface area contributed by atoms with Gasteiger partial charge in [0.05, 0.1) is 11.6 Å². The van der Waals surface area contributed by atoms with E-state index in [0.717, 1.165) is 17.5 Å². The predicted molar refractivity (Wildman–Crippen MR) is 126 cm³/mol. The fraction of sp³-hybridized carbons (Fsp3) is 0.308. The minimum absolute atomic E-state index is 0.109. The average molecular weight is 435 g/mol. The molecule has 0 spiro atoms. The van der Waals surface area contributed by atoms with E-state index in [4.69, 9.17) is 4.74 Å². The fourth-order valence-electron chi connectivity index (χ4n) is 3.72. The number of Topliss-reactive ketones (excluding diaryl/α,β-unsaturated/α-hetero) is 1. The molecule has 0 aromatic heterocycles. The predicted octanol–water partition coefficient (Wildman–Crippen LogP) is 3.80. The molecule has 32 heavy (non-hydrogen) atoms. The fourth-order valence-corrected chi connectivity index (χ4v) is 3.72. The van der Waals surface area contributed by atoms with Gasteiger partial charge in [-0.15, -0.1) is 0 Å². The second-order valence-electron chi connectivity index (χ2n) is 8.01. The summed E-state index contributed by atoms with van der Waals surface area (Å²) in [4.78, 5) is 29.5. The van der Waals surface area contributed by atoms with Crippen molar-refractivity contribution in [1.29, 1.82) is 0 Å². The molecule has 0 saturated carbocycles. The van der Waals surface area contributed by atoms with Gasteiger partial charge in [-0.05, 0) is 55.9 Å². The number of rotatable bonds is 9. The van der Waals surface area contributed by atoms with Gasteiger partial charge in [0.1, 0.15) is 18.1 Å². The van der Waals surface area contributed by atoms with Gasteiger partial charge in [-0.2, -0.15) is 0 Å². The van der Waals surface area contributed by atoms with Crippen molar-refractivity contribution in [2.75, 3.05) is 33.8 Å². The molecular weight excluding hydrogens is 404 g/mol. The Morgan fingerprint density at radius 3 is 2.34 bits per heavy atom. The van der Waals surface area contributed by atoms with Crippen LogP contribution in [-0.4, -0.2) is 60.4 Å². The second kappa shape index (κ2) is 10.3. The SMILES string of the molecule is C=CCOc1ccc(C(O)=C2C(=O)C(=O)N(CCN(C)C)C2c2ccc(CC)cc2)cc1. The lowest BCUT2D eigenvalue weighted by molar-refractivity contribution is -0.140. The highest BCUT2D eigenvalue weighted by molar-refractivity contribution is 6.46. The Hall–Kier alpha value is -3.38. The molecule has 0 radical (unpaired) electrons. The van der Waals surface area contributed by atoms with Gasteiger partial charge in [-0.1, -0.05) is 43.8 Å². The molecule has 6 heteroatoms. The first-order chi connectivity index (χ1) is 15.4. The number of likely N-dealkylation sites (N-methyl/N-ethyl adjacent to an activating group) is 1. The first-order valence-electron chi connectivity index (χ1n) is 10.7. The van der Waals surface area contributed by atoms with Crippen LogP contribution in [0.1, 0.15) is 29.7 Å². The number of hydrogen-bond donors (Lipinski definition) is 1. The number of hydrogen-bond acceptors (Lipinski definition) is 5. The van der Waals surface area contributed by atoms with Crippen LogP contribution < -0.4 is 4.74 Å². The molecule has 1 N–H and O–H groups in total. The number of ether oxygens (including phenoxy) is 1. The maximum atomic E-state index is 13.0. The van der Waals surface area contributed by atoms with Crippen molar-refractivity contribution in [1.82, 2.24) is 9.80 Å². The number of likely N-dealkylation sites (tertiary alicyclic amines) is 1. The Morgan fingerprint density at radius 2 is 1.78 bits per heavy atom. The molecule has 6 nitrogen and oxygen atoms in total. The summed E-state index contributed by atoms with van der Waals surface area (Å²) in [6, 6.07) is 14.0. The number of nitrogens with zero attached hydrogens (tertiary/aromatic N) is 2. The van der Waals surface area contributed by atoms with Gasteiger partial charge in [0.15, 0.2) is 0 Å². The molecule has 1 heterocycles. The molecule has 0 aliphatic carbocycles. The van der Waals surface area contributed by atoms with Crippen LogP contribution in [0.15, 0.2) is 66.8 Å². The van der Waals surface area contributed by atoms with Gasteiger partial charge >= 0.3 is 0 Å². The zero-order valence-electron chi connectivity index (χ0n) is 18.9. The van der Waals surface area contributed by atoms with Crippen molar-refractivity contribution in [2.45, 2.75) is 19.4 Å². The van der Waals surface area contributed by atoms with Gasteiger partial charge in [0.2, 0.25) is 0 Å². The van der Waals surface area contributed by atoms with Crippen molar-refractivity contribution in [2.24, 2.45) is 0 Å². The van der Waals surface area contributed by atoms with Crippen LogP contribution in [0.5, 0.6) is 5.75 Å². The van der Waals surface area contributed by atoms with Crippen molar-refractivity contribution in [3.05, 3.63) is 83.4 Å². The summed E-state index contributed by atoms with van der Waals surface area (Å²) in [6.07, 6.45) is 2.54. The summed E-state index contributed by atoms with van der Waals surface area (Å²) in [5.74, 6) is -0.822. The number of benzene rings is 2. The largest absolute Gasteiger partial charge is 0.507 e. The van der Waals surface area contributed by atoms with Crippen LogP contribution in [0.2, 0.25) is 0 Å². The first kappa shape index (κ1) is 23.3. The molecule has 2 aromatic carbocycles. The van der Waals surface area contributed by atoms with E-state index in [-0.39, 0.29) is 11.3 Å². The van der Waals surface area contributed by atoms with Gasteiger partial charge in [-0.25, -0.2) is 0 Å². The van der Waals surface area contributed by atoms with Crippen LogP contribution in [0.25, 0.3) is 5.76 Å². The third kappa shape index (κ3) is 4.92. The van der Waals surface area contributed by atoms with E-state index in [1.165, 1.54) is 0 Å². The minimum Gasteiger partial charge on any atom is -0.507 e. The van der Waals surface area contributed by atoms with Crippen LogP contribution in [0, 0.1) is 0 Å². The molecule has 3 rings (SSSR count). The Balaban J connectivity index is 2.05. The molecule has 1 amide bonds. The Kier molecular flexibility index (Phi) is 7.49. The summed E-state index contributed by atoms with van der Waals surface area (Å²) in [5.41, 5.74) is 2.52. The lowest BCUT2D eigenvalue weighted by Crippen LogP contribution is -2.35. The standard InChI is InChI=1S/C26H30N2O4/c1-5-17-32-21-13-11-20(12-14-21)24(29)22-23(19-9-7-18(6-2)8-10-19)28(16-15-27(3)4)26(31)25(22)30/h5,7-14,23,29H,1,6,15-17H2,2-4H3. The molecule has 0 bridgehead atoms. The normalized spacial score (nSPS) is 17.8. The van der Waals surface area contributed by atoms with E-state index in [1.54, 1.807) is 35.2 Å². The highest BCUT2D eigenvalue weighted by Crippen LogP contribution is 2.39. The van der Waals surface area contributed by atoms with Gasteiger partial charge < -0.3 is 19.6 Å². The van der Waals surface area contributed by atoms with Crippen LogP contribution >= 0.6 is 0 Å². The highest BCUT2D eigenvalue weighted by atomic mass is 16.5. The topological polar surface area (TPSA) is 70.1 Å². The third-order valence-electron chi connectivity index (χ3n) is 5.53. The molecular formula is C26H30N2O4. The molecule has 1 aliphatic rings. The van der Waals surface area contributed by atoms with Crippen LogP contribution in [-0.2, 0) is 16.0 Å². The van der Waals surface area contributed by atoms with Gasteiger partial charge in [0, 0.05) is 18.7 Å². The number of aliphatic hydroxyl groups is 1. The van der Waals surface area contributed by atoms with E-state index in [0.29, 0.717) is 31.0 Å². The zero-order chi connectivity index (χ0) is 23.3. The molecule has 1 unspecified atom stereocenters. The summed E-state index contributed by atoms with van der Waals surface area (Å²) in [6.45, 7) is 7.04. The Labute approximate surface area is 189 Å². The van der Waals surface area contributed by atoms with E-state index >= 15 is 0 Å². The molecule has 1 saturated heterocycles. The smallest absolute Gasteiger partial charge is 0.295 e. The Morgan fingerprint density at radius 1 is 1.12 bits per heavy atom. The van der Waals surface area contributed by atoms with Crippen molar-refractivity contribution >= 4 is 17.4 Å².